The molecule has 18 heavy (non-hydrogen) atoms. The van der Waals surface area contributed by atoms with Gasteiger partial charge < -0.3 is 0 Å². The Kier molecular flexibility index (Phi) is 3.36. The molecule has 0 aliphatic carbocycles. The molecule has 96 valence electrons. The van der Waals surface area contributed by atoms with Crippen LogP contribution in [-0.4, -0.2) is 18.2 Å². The quantitative estimate of drug-likeness (QED) is 0.815. The minimum atomic E-state index is -3.85. The van der Waals surface area contributed by atoms with Gasteiger partial charge in [0.25, 0.3) is 9.05 Å². The first kappa shape index (κ1) is 13.0. The lowest BCUT2D eigenvalue weighted by Crippen LogP contribution is -2.01. The zero-order valence-electron chi connectivity index (χ0n) is 8.85. The molecule has 2 aromatic rings. The van der Waals surface area contributed by atoms with Crippen molar-refractivity contribution in [2.24, 2.45) is 0 Å². The van der Waals surface area contributed by atoms with Crippen molar-refractivity contribution in [2.75, 3.05) is 0 Å². The molecule has 0 saturated carbocycles. The van der Waals surface area contributed by atoms with Gasteiger partial charge in [0.05, 0.1) is 12.7 Å². The van der Waals surface area contributed by atoms with Gasteiger partial charge in [0.15, 0.2) is 0 Å². The summed E-state index contributed by atoms with van der Waals surface area (Å²) in [5.74, 6) is -1.41. The number of hydrogen-bond donors (Lipinski definition) is 0. The summed E-state index contributed by atoms with van der Waals surface area (Å²) < 4.78 is 49.1. The summed E-state index contributed by atoms with van der Waals surface area (Å²) in [5, 5.41) is 3.75. The SMILES string of the molecule is O=S(=O)(Cl)c1cnn(Cc2cc(F)cc(F)c2)c1. The minimum absolute atomic E-state index is 0.0427. The molecule has 0 spiro atoms. The highest BCUT2D eigenvalue weighted by Crippen LogP contribution is 2.14. The molecular weight excluding hydrogens is 286 g/mol. The lowest BCUT2D eigenvalue weighted by molar-refractivity contribution is 0.574. The summed E-state index contributed by atoms with van der Waals surface area (Å²) in [7, 11) is 1.27. The van der Waals surface area contributed by atoms with Gasteiger partial charge in [-0.3, -0.25) is 4.68 Å². The van der Waals surface area contributed by atoms with E-state index in [0.29, 0.717) is 5.56 Å². The van der Waals surface area contributed by atoms with E-state index in [4.69, 9.17) is 10.7 Å². The van der Waals surface area contributed by atoms with E-state index < -0.39 is 20.7 Å². The summed E-state index contributed by atoms with van der Waals surface area (Å²) in [4.78, 5) is -0.166. The van der Waals surface area contributed by atoms with Crippen LogP contribution in [0.2, 0.25) is 0 Å². The van der Waals surface area contributed by atoms with Gasteiger partial charge in [-0.25, -0.2) is 17.2 Å². The molecule has 0 atom stereocenters. The van der Waals surface area contributed by atoms with Gasteiger partial charge in [0.1, 0.15) is 16.5 Å². The molecular formula is C10H7ClF2N2O2S. The summed E-state index contributed by atoms with van der Waals surface area (Å²) in [6, 6.07) is 3.03. The second kappa shape index (κ2) is 4.66. The van der Waals surface area contributed by atoms with Gasteiger partial charge in [-0.15, -0.1) is 0 Å². The Hall–Kier alpha value is -1.47. The summed E-state index contributed by atoms with van der Waals surface area (Å²) in [6.07, 6.45) is 2.25. The van der Waals surface area contributed by atoms with Crippen molar-refractivity contribution in [3.8, 4) is 0 Å². The molecule has 8 heteroatoms. The lowest BCUT2D eigenvalue weighted by atomic mass is 10.2. The maximum absolute atomic E-state index is 12.9. The van der Waals surface area contributed by atoms with Gasteiger partial charge in [-0.05, 0) is 17.7 Å². The molecule has 0 saturated heterocycles. The van der Waals surface area contributed by atoms with Crippen LogP contribution in [0.1, 0.15) is 5.56 Å². The Labute approximate surface area is 106 Å². The maximum Gasteiger partial charge on any atom is 0.264 e. The van der Waals surface area contributed by atoms with Gasteiger partial charge >= 0.3 is 0 Å². The predicted molar refractivity (Wildman–Crippen MR) is 60.7 cm³/mol. The van der Waals surface area contributed by atoms with Gasteiger partial charge in [-0.2, -0.15) is 5.10 Å². The van der Waals surface area contributed by atoms with E-state index in [2.05, 4.69) is 5.10 Å². The van der Waals surface area contributed by atoms with E-state index in [-0.39, 0.29) is 11.4 Å². The fourth-order valence-electron chi connectivity index (χ4n) is 1.45. The average Bonchev–Trinajstić information content (AvgIpc) is 2.63. The fourth-order valence-corrected chi connectivity index (χ4v) is 2.11. The number of hydrogen-bond acceptors (Lipinski definition) is 3. The summed E-state index contributed by atoms with van der Waals surface area (Å²) in [6.45, 7) is 0.0427. The van der Waals surface area contributed by atoms with E-state index in [9.17, 15) is 17.2 Å². The summed E-state index contributed by atoms with van der Waals surface area (Å²) >= 11 is 0. The molecule has 1 heterocycles. The first-order valence-electron chi connectivity index (χ1n) is 4.77. The molecule has 0 amide bonds. The molecule has 0 fully saturated rings. The smallest absolute Gasteiger partial charge is 0.264 e. The van der Waals surface area contributed by atoms with Crippen LogP contribution >= 0.6 is 10.7 Å². The largest absolute Gasteiger partial charge is 0.267 e. The van der Waals surface area contributed by atoms with Crippen LogP contribution in [-0.2, 0) is 15.6 Å². The van der Waals surface area contributed by atoms with Crippen molar-refractivity contribution in [2.45, 2.75) is 11.4 Å². The molecule has 0 aliphatic rings. The molecule has 0 radical (unpaired) electrons. The number of aromatic nitrogens is 2. The topological polar surface area (TPSA) is 52.0 Å². The van der Waals surface area contributed by atoms with Gasteiger partial charge in [-0.1, -0.05) is 0 Å². The first-order valence-corrected chi connectivity index (χ1v) is 7.07. The molecule has 0 bridgehead atoms. The Morgan fingerprint density at radius 3 is 2.33 bits per heavy atom. The molecule has 0 unspecified atom stereocenters. The Balaban J connectivity index is 2.27. The van der Waals surface area contributed by atoms with Crippen molar-refractivity contribution < 1.29 is 17.2 Å². The van der Waals surface area contributed by atoms with Crippen LogP contribution in [0.15, 0.2) is 35.5 Å². The number of nitrogens with zero attached hydrogens (tertiary/aromatic N) is 2. The normalized spacial score (nSPS) is 11.7. The number of halogens is 3. The van der Waals surface area contributed by atoms with Crippen molar-refractivity contribution in [3.63, 3.8) is 0 Å². The van der Waals surface area contributed by atoms with Crippen LogP contribution in [0.25, 0.3) is 0 Å². The highest BCUT2D eigenvalue weighted by Gasteiger charge is 2.12. The van der Waals surface area contributed by atoms with E-state index in [0.717, 1.165) is 24.4 Å². The number of benzene rings is 1. The zero-order valence-corrected chi connectivity index (χ0v) is 10.4. The zero-order chi connectivity index (χ0) is 13.3. The fraction of sp³-hybridized carbons (Fsp3) is 0.100. The molecule has 1 aromatic heterocycles. The summed E-state index contributed by atoms with van der Waals surface area (Å²) in [5.41, 5.74) is 0.328. The van der Waals surface area contributed by atoms with E-state index >= 15 is 0 Å². The van der Waals surface area contributed by atoms with Gasteiger partial charge in [0, 0.05) is 22.9 Å². The predicted octanol–water partition coefficient (Wildman–Crippen LogP) is 2.14. The van der Waals surface area contributed by atoms with Crippen LogP contribution in [0.4, 0.5) is 8.78 Å². The first-order chi connectivity index (χ1) is 8.34. The second-order valence-electron chi connectivity index (χ2n) is 3.59. The standard InChI is InChI=1S/C10H7ClF2N2O2S/c11-18(16,17)10-4-14-15(6-10)5-7-1-8(12)3-9(13)2-7/h1-4,6H,5H2. The molecule has 1 aromatic carbocycles. The third kappa shape index (κ3) is 3.05. The maximum atomic E-state index is 12.9. The molecule has 2 rings (SSSR count). The molecule has 0 N–H and O–H groups in total. The van der Waals surface area contributed by atoms with E-state index in [1.165, 1.54) is 10.9 Å². The Morgan fingerprint density at radius 1 is 1.22 bits per heavy atom. The third-order valence-electron chi connectivity index (χ3n) is 2.16. The highest BCUT2D eigenvalue weighted by molar-refractivity contribution is 8.13. The van der Waals surface area contributed by atoms with E-state index in [1.54, 1.807) is 0 Å². The van der Waals surface area contributed by atoms with Crippen LogP contribution < -0.4 is 0 Å². The van der Waals surface area contributed by atoms with Crippen LogP contribution in [0.3, 0.4) is 0 Å². The van der Waals surface area contributed by atoms with Crippen molar-refractivity contribution in [1.29, 1.82) is 0 Å². The van der Waals surface area contributed by atoms with E-state index in [1.807, 2.05) is 0 Å². The van der Waals surface area contributed by atoms with Gasteiger partial charge in [0.2, 0.25) is 0 Å². The van der Waals surface area contributed by atoms with Crippen LogP contribution in [0.5, 0.6) is 0 Å². The molecule has 4 nitrogen and oxygen atoms in total. The Bertz CT molecular complexity index is 665. The van der Waals surface area contributed by atoms with Crippen molar-refractivity contribution in [3.05, 3.63) is 47.8 Å². The van der Waals surface area contributed by atoms with Crippen LogP contribution in [0, 0.1) is 11.6 Å². The average molecular weight is 293 g/mol. The lowest BCUT2D eigenvalue weighted by Gasteiger charge is -2.02. The minimum Gasteiger partial charge on any atom is -0.267 e. The highest BCUT2D eigenvalue weighted by atomic mass is 35.7. The third-order valence-corrected chi connectivity index (χ3v) is 3.47. The number of rotatable bonds is 3. The van der Waals surface area contributed by atoms with Crippen molar-refractivity contribution in [1.82, 2.24) is 9.78 Å². The molecule has 0 aliphatic heterocycles. The Morgan fingerprint density at radius 2 is 1.83 bits per heavy atom. The van der Waals surface area contributed by atoms with Crippen molar-refractivity contribution >= 4 is 19.7 Å². The monoisotopic (exact) mass is 292 g/mol. The second-order valence-corrected chi connectivity index (χ2v) is 6.16.